The van der Waals surface area contributed by atoms with Crippen molar-refractivity contribution in [2.45, 2.75) is 240 Å². The molecule has 10 rings (SSSR count). The molecule has 5 aromatic heterocycles. The summed E-state index contributed by atoms with van der Waals surface area (Å²) in [4.78, 5) is 189. The van der Waals surface area contributed by atoms with Crippen LogP contribution in [0.15, 0.2) is 78.9 Å². The number of halogens is 6. The zero-order chi connectivity index (χ0) is 110. The number of carbonyl (C=O) groups excluding carboxylic acids is 5. The summed E-state index contributed by atoms with van der Waals surface area (Å²) in [6.45, 7) is 18.1. The van der Waals surface area contributed by atoms with E-state index in [0.717, 1.165) is 60.8 Å². The fourth-order valence-electron chi connectivity index (χ4n) is 15.0. The van der Waals surface area contributed by atoms with Gasteiger partial charge in [0, 0.05) is 75.7 Å². The third kappa shape index (κ3) is 36.7. The normalized spacial score (nSPS) is 25.1. The molecule has 3 amide bonds. The van der Waals surface area contributed by atoms with E-state index >= 15 is 0 Å². The van der Waals surface area contributed by atoms with Crippen LogP contribution >= 0.6 is 34.4 Å². The van der Waals surface area contributed by atoms with Gasteiger partial charge in [-0.15, -0.1) is 65.9 Å². The van der Waals surface area contributed by atoms with Crippen molar-refractivity contribution >= 4 is 95.4 Å². The first kappa shape index (κ1) is 124. The Morgan fingerprint density at radius 3 is 0.875 bits per heavy atom. The molecule has 0 unspecified atom stereocenters. The van der Waals surface area contributed by atoms with E-state index in [1.165, 1.54) is 53.2 Å². The summed E-state index contributed by atoms with van der Waals surface area (Å²) in [5, 5.41) is 111. The van der Waals surface area contributed by atoms with E-state index < -0.39 is 274 Å². The lowest BCUT2D eigenvalue weighted by Gasteiger charge is -2.26. The Morgan fingerprint density at radius 1 is 0.396 bits per heavy atom. The number of aliphatic hydroxyl groups excluding tert-OH is 10. The highest BCUT2D eigenvalue weighted by molar-refractivity contribution is 7.73. The molecule has 0 radical (unpaired) electrons. The number of H-pyrrole nitrogens is 5. The summed E-state index contributed by atoms with van der Waals surface area (Å²) in [7, 11) is 2.54. The van der Waals surface area contributed by atoms with Gasteiger partial charge in [0.05, 0.1) is 66.8 Å². The molecule has 5 fully saturated rings. The van der Waals surface area contributed by atoms with Gasteiger partial charge < -0.3 is 105 Å². The lowest BCUT2D eigenvalue weighted by molar-refractivity contribution is -0.188. The van der Waals surface area contributed by atoms with Crippen molar-refractivity contribution in [1.82, 2.24) is 73.5 Å². The molecule has 18 N–H and O–H groups in total. The van der Waals surface area contributed by atoms with E-state index in [9.17, 15) is 149 Å². The second-order valence-corrected chi connectivity index (χ2v) is 61.8. The number of esters is 1. The molecule has 5 aliphatic rings. The molecule has 20 atom stereocenters. The van der Waals surface area contributed by atoms with E-state index in [1.54, 1.807) is 7.05 Å². The average molecular weight is 2160 g/mol. The number of rotatable bonds is 34. The summed E-state index contributed by atoms with van der Waals surface area (Å²) in [6.07, 6.45) is -1.10. The molecule has 0 bridgehead atoms. The topological polar surface area (TPSA) is 660 Å². The zero-order valence-electron chi connectivity index (χ0n) is 83.2. The molecule has 46 nitrogen and oxygen atoms in total. The molecule has 10 heterocycles. The van der Waals surface area contributed by atoms with E-state index in [4.69, 9.17) is 28.4 Å². The number of ether oxygens (including phenoxy) is 6. The standard InChI is InChI=1S/C22H33F3N3O8P.C17H25F3N3O6P.C17H28N3O6P.C16H26N3O6P.C15H26N3O5P/c1-21(2,3)36-14(29)11-27(19(33)22(23,24)25)9-12-10-28(20(34)26-17(12)32)18-16(31)15(30)13(35-18)7-8-37(4,5)6;1-22(15(27)17(18,19)20)7-9-8-23(16(28)21-13(9)26)14-12(25)11(24)10(29-14)5-6-30(2,3)4;1-10(21)7-18-8-11-9-20(17(25)19-15(11)24)16-14(23)13(22)12(26-16)5-6-27(2,3)4;1-9(20)17-7-10-8-19(16(24)18-14(10)23)15-13(22)12(21)11(25-15)5-6-26(2,3)4;1-16-7-9-8-18(15(22)17-13(9)21)14-12(20)11(19)10(23-14)5-6-24(2,3)4/h10,13,15-16,18,30-31H,4,7-9,11H2,1-3,5-6H3,(H,26,32,34);8,10-12,14,24-25H,2,5-7H2,1,3-4H3,(H,21,26,28);9,12-14,16,18,22-23H,2,5-8H2,1,3-4H3,(H,19,24,25);8,11-13,15,21-22H,2,5-7H2,1,3-4H3,(H,17,20)(H,18,23,24);8,10-12,14,16,19-20H,2,5-7H2,1,3-4H3,(H,17,21,22)/t13-,15-,16-,18-;10-,11-,12-,14-;12-,13-,14-,16-;11-,12-,13-,15-;10-,11-,12-,14-/m11111/s1. The van der Waals surface area contributed by atoms with E-state index in [0.29, 0.717) is 50.0 Å². The minimum Gasteiger partial charge on any atom is -0.459 e. The Morgan fingerprint density at radius 2 is 0.639 bits per heavy atom. The van der Waals surface area contributed by atoms with Crippen LogP contribution in [0.25, 0.3) is 0 Å². The number of hydrogen-bond donors (Lipinski definition) is 18. The molecule has 0 aromatic carbocycles. The number of alkyl halides is 6. The Labute approximate surface area is 822 Å². The van der Waals surface area contributed by atoms with Crippen molar-refractivity contribution in [1.29, 1.82) is 0 Å². The van der Waals surface area contributed by atoms with Gasteiger partial charge in [-0.25, -0.2) is 24.0 Å². The van der Waals surface area contributed by atoms with Crippen molar-refractivity contribution in [2.75, 3.05) is 125 Å². The maximum Gasteiger partial charge on any atom is 0.471 e. The third-order valence-corrected chi connectivity index (χ3v) is 29.9. The number of aromatic nitrogens is 10. The highest BCUT2D eigenvalue weighted by Crippen LogP contribution is 2.45. The van der Waals surface area contributed by atoms with Crippen molar-refractivity contribution in [2.24, 2.45) is 0 Å². The number of Topliss-reactive ketones (excluding diaryl/α,β-unsaturated/α-hetero) is 1. The second-order valence-electron chi connectivity index (χ2n) is 40.2. The Bertz CT molecular complexity index is 6240. The van der Waals surface area contributed by atoms with E-state index in [2.05, 4.69) is 102 Å². The van der Waals surface area contributed by atoms with Crippen LogP contribution in [0, 0.1) is 0 Å². The molecule has 5 saturated heterocycles. The van der Waals surface area contributed by atoms with Crippen LogP contribution in [-0.2, 0) is 85.1 Å². The Kier molecular flexibility index (Phi) is 44.0. The fourth-order valence-corrected chi connectivity index (χ4v) is 19.8. The lowest BCUT2D eigenvalue weighted by atomic mass is 10.1. The SMILES string of the molecule is C=P(C)(C)CC[C@H]1O[C@@H](n2cc(CN(C)C(=O)C(F)(F)F)c(=O)[nH]c2=O)[C@H](O)[C@@H]1O.C=P(C)(C)CC[C@H]1O[C@@H](n2cc(CN(CC(=O)OC(C)(C)C)C(=O)C(F)(F)F)c(=O)[nH]c2=O)[C@H](O)[C@@H]1O.C=P(C)(C)CC[C@H]1O[C@@H](n2cc(CNC(C)=O)c(=O)[nH]c2=O)[C@H](O)[C@@H]1O.C=P(C)(C)CC[C@H]1O[C@@H](n2cc(CNC)c(=O)[nH]c2=O)[C@H](O)[C@@H]1O.C=P(C)(C)CC[C@H]1O[C@@H](n2cc(CNCC(C)=O)c(=O)[nH]c2=O)[C@H](O)[C@@H]1O. The number of hydrogen-bond acceptors (Lipinski definition) is 33. The maximum absolute atomic E-state index is 13.2. The van der Waals surface area contributed by atoms with Crippen LogP contribution in [0.1, 0.15) is 126 Å². The molecule has 0 spiro atoms. The van der Waals surface area contributed by atoms with Crippen molar-refractivity contribution in [3.8, 4) is 0 Å². The van der Waals surface area contributed by atoms with Crippen LogP contribution in [-0.4, -0.2) is 404 Å². The molecular weight excluding hydrogens is 2020 g/mol. The van der Waals surface area contributed by atoms with Gasteiger partial charge in [-0.2, -0.15) is 26.3 Å². The molecular formula is C87H138F6N15O31P5. The van der Waals surface area contributed by atoms with Gasteiger partial charge in [0.15, 0.2) is 31.1 Å². The van der Waals surface area contributed by atoms with Gasteiger partial charge in [-0.1, -0.05) is 0 Å². The smallest absolute Gasteiger partial charge is 0.459 e. The average Bonchev–Trinajstić information content (AvgIpc) is 1.64. The summed E-state index contributed by atoms with van der Waals surface area (Å²) >= 11 is 0. The van der Waals surface area contributed by atoms with Crippen molar-refractivity contribution in [3.63, 3.8) is 0 Å². The summed E-state index contributed by atoms with van der Waals surface area (Å²) < 4.78 is 116. The first-order chi connectivity index (χ1) is 65.9. The monoisotopic (exact) mass is 2160 g/mol. The number of aromatic amines is 5. The predicted molar refractivity (Wildman–Crippen MR) is 536 cm³/mol. The molecule has 0 saturated carbocycles. The quantitative estimate of drug-likeness (QED) is 0.0111. The number of nitrogens with zero attached hydrogens (tertiary/aromatic N) is 7. The molecule has 5 aromatic rings. The highest BCUT2D eigenvalue weighted by atomic mass is 31.2. The van der Waals surface area contributed by atoms with Crippen molar-refractivity contribution < 1.29 is 130 Å². The van der Waals surface area contributed by atoms with Crippen molar-refractivity contribution in [3.05, 3.63) is 163 Å². The molecule has 144 heavy (non-hydrogen) atoms. The predicted octanol–water partition coefficient (Wildman–Crippen LogP) is -2.94. The van der Waals surface area contributed by atoms with Gasteiger partial charge >= 0.3 is 58.6 Å². The largest absolute Gasteiger partial charge is 0.471 e. The van der Waals surface area contributed by atoms with Gasteiger partial charge in [0.1, 0.15) is 79.0 Å². The van der Waals surface area contributed by atoms with Gasteiger partial charge in [0.2, 0.25) is 5.91 Å². The van der Waals surface area contributed by atoms with Crippen LogP contribution in [0.4, 0.5) is 26.3 Å². The van der Waals surface area contributed by atoms with E-state index in [1.807, 2.05) is 36.6 Å². The third-order valence-electron chi connectivity index (χ3n) is 22.6. The lowest BCUT2D eigenvalue weighted by Crippen LogP contribution is -2.46. The van der Waals surface area contributed by atoms with Gasteiger partial charge in [0.25, 0.3) is 27.8 Å². The molecule has 814 valence electrons. The molecule has 57 heteroatoms. The second kappa shape index (κ2) is 51.0. The minimum atomic E-state index is -5.37. The zero-order valence-corrected chi connectivity index (χ0v) is 87.6. The number of carbonyl (C=O) groups is 5. The summed E-state index contributed by atoms with van der Waals surface area (Å²) in [6, 6.07) is 0. The Hall–Kier alpha value is -8.65. The van der Waals surface area contributed by atoms with Gasteiger partial charge in [-0.05, 0) is 164 Å². The van der Waals surface area contributed by atoms with Crippen LogP contribution < -0.4 is 72.2 Å². The summed E-state index contributed by atoms with van der Waals surface area (Å²) in [5.74, 6) is -6.12. The van der Waals surface area contributed by atoms with Crippen LogP contribution in [0.5, 0.6) is 0 Å². The Balaban J connectivity index is 0.000000277. The van der Waals surface area contributed by atoms with E-state index in [-0.39, 0.29) is 64.4 Å². The first-order valence-corrected chi connectivity index (χ1v) is 60.4. The number of ketones is 1. The number of aliphatic hydroxyl groups is 10. The molecule has 5 aliphatic heterocycles. The minimum absolute atomic E-state index is 0.0665. The number of nitrogens with one attached hydrogen (secondary N) is 8. The maximum atomic E-state index is 13.2. The summed E-state index contributed by atoms with van der Waals surface area (Å²) in [5.41, 5.74) is -9.18. The van der Waals surface area contributed by atoms with Crippen LogP contribution in [0.3, 0.4) is 0 Å². The first-order valence-electron chi connectivity index (χ1n) is 45.1. The highest BCUT2D eigenvalue weighted by Gasteiger charge is 2.51. The fraction of sp³-hybridized carbons (Fsp3) is 0.655. The number of amides is 3. The van der Waals surface area contributed by atoms with Gasteiger partial charge in [-0.3, -0.25) is 95.7 Å². The van der Waals surface area contributed by atoms with Crippen LogP contribution in [0.2, 0.25) is 0 Å². The molecule has 0 aliphatic carbocycles.